The first-order chi connectivity index (χ1) is 8.98. The molecule has 19 heavy (non-hydrogen) atoms. The molecule has 0 aliphatic heterocycles. The van der Waals surface area contributed by atoms with E-state index < -0.39 is 0 Å². The quantitative estimate of drug-likeness (QED) is 0.744. The third-order valence-electron chi connectivity index (χ3n) is 5.71. The van der Waals surface area contributed by atoms with Crippen LogP contribution < -0.4 is 5.32 Å². The van der Waals surface area contributed by atoms with Gasteiger partial charge in [-0.1, -0.05) is 52.9 Å². The predicted octanol–water partition coefficient (Wildman–Crippen LogP) is 5.15. The Morgan fingerprint density at radius 3 is 2.05 bits per heavy atom. The van der Waals surface area contributed by atoms with Gasteiger partial charge < -0.3 is 5.32 Å². The molecule has 3 atom stereocenters. The maximum absolute atomic E-state index is 4.05. The minimum atomic E-state index is 0.463. The van der Waals surface area contributed by atoms with Gasteiger partial charge in [-0.3, -0.25) is 0 Å². The third-order valence-corrected chi connectivity index (χ3v) is 5.71. The van der Waals surface area contributed by atoms with Gasteiger partial charge in [0, 0.05) is 12.1 Å². The maximum atomic E-state index is 4.05. The lowest BCUT2D eigenvalue weighted by atomic mass is 9.69. The zero-order valence-corrected chi connectivity index (χ0v) is 13.7. The van der Waals surface area contributed by atoms with Crippen LogP contribution in [0.15, 0.2) is 0 Å². The van der Waals surface area contributed by atoms with Crippen molar-refractivity contribution in [1.82, 2.24) is 5.32 Å². The number of hydrogen-bond donors (Lipinski definition) is 1. The number of rotatable bonds is 3. The van der Waals surface area contributed by atoms with Crippen molar-refractivity contribution in [2.24, 2.45) is 17.3 Å². The third kappa shape index (κ3) is 4.21. The van der Waals surface area contributed by atoms with Crippen molar-refractivity contribution in [2.75, 3.05) is 0 Å². The second-order valence-electron chi connectivity index (χ2n) is 8.22. The monoisotopic (exact) mass is 265 g/mol. The first kappa shape index (κ1) is 15.4. The molecule has 112 valence electrons. The van der Waals surface area contributed by atoms with Crippen molar-refractivity contribution in [3.63, 3.8) is 0 Å². The molecule has 0 spiro atoms. The van der Waals surface area contributed by atoms with Crippen LogP contribution in [0.3, 0.4) is 0 Å². The molecule has 2 aliphatic rings. The Kier molecular flexibility index (Phi) is 5.34. The van der Waals surface area contributed by atoms with E-state index in [1.165, 1.54) is 57.8 Å². The fourth-order valence-electron chi connectivity index (χ4n) is 4.47. The van der Waals surface area contributed by atoms with E-state index in [1.807, 2.05) is 0 Å². The summed E-state index contributed by atoms with van der Waals surface area (Å²) in [7, 11) is 0. The summed E-state index contributed by atoms with van der Waals surface area (Å²) in [6.07, 6.45) is 13.0. The Balaban J connectivity index is 1.91. The highest BCUT2D eigenvalue weighted by Crippen LogP contribution is 2.38. The van der Waals surface area contributed by atoms with Crippen LogP contribution in [-0.4, -0.2) is 12.1 Å². The Labute approximate surface area is 120 Å². The van der Waals surface area contributed by atoms with Gasteiger partial charge >= 0.3 is 0 Å². The first-order valence-electron chi connectivity index (χ1n) is 8.74. The van der Waals surface area contributed by atoms with Crippen molar-refractivity contribution >= 4 is 0 Å². The van der Waals surface area contributed by atoms with E-state index in [1.54, 1.807) is 0 Å². The molecule has 2 fully saturated rings. The van der Waals surface area contributed by atoms with E-state index in [9.17, 15) is 0 Å². The molecular weight excluding hydrogens is 230 g/mol. The van der Waals surface area contributed by atoms with E-state index in [0.29, 0.717) is 5.41 Å². The summed E-state index contributed by atoms with van der Waals surface area (Å²) < 4.78 is 0. The lowest BCUT2D eigenvalue weighted by molar-refractivity contribution is 0.113. The lowest BCUT2D eigenvalue weighted by Gasteiger charge is -2.43. The second-order valence-corrected chi connectivity index (χ2v) is 8.22. The Bertz CT molecular complexity index is 259. The topological polar surface area (TPSA) is 12.0 Å². The molecule has 0 bridgehead atoms. The van der Waals surface area contributed by atoms with Gasteiger partial charge in [0.1, 0.15) is 0 Å². The first-order valence-corrected chi connectivity index (χ1v) is 8.74. The normalized spacial score (nSPS) is 32.2. The average molecular weight is 265 g/mol. The van der Waals surface area contributed by atoms with Crippen LogP contribution in [0.2, 0.25) is 0 Å². The Hall–Kier alpha value is -0.0400. The van der Waals surface area contributed by atoms with E-state index in [-0.39, 0.29) is 0 Å². The SMILES string of the molecule is C[C@H](NC1CCCCC1C(C)(C)C)C1CCCCC1. The van der Waals surface area contributed by atoms with Gasteiger partial charge in [-0.25, -0.2) is 0 Å². The molecule has 0 heterocycles. The van der Waals surface area contributed by atoms with Crippen LogP contribution in [-0.2, 0) is 0 Å². The highest BCUT2D eigenvalue weighted by molar-refractivity contribution is 4.90. The van der Waals surface area contributed by atoms with Crippen LogP contribution in [0, 0.1) is 17.3 Å². The van der Waals surface area contributed by atoms with Crippen LogP contribution >= 0.6 is 0 Å². The molecule has 0 saturated heterocycles. The van der Waals surface area contributed by atoms with Gasteiger partial charge in [-0.15, -0.1) is 0 Å². The van der Waals surface area contributed by atoms with Crippen molar-refractivity contribution in [3.8, 4) is 0 Å². The van der Waals surface area contributed by atoms with Gasteiger partial charge in [0.25, 0.3) is 0 Å². The molecular formula is C18H35N. The average Bonchev–Trinajstić information content (AvgIpc) is 2.39. The predicted molar refractivity (Wildman–Crippen MR) is 84.4 cm³/mol. The van der Waals surface area contributed by atoms with E-state index >= 15 is 0 Å². The smallest absolute Gasteiger partial charge is 0.0103 e. The molecule has 2 aliphatic carbocycles. The fraction of sp³-hybridized carbons (Fsp3) is 1.00. The Morgan fingerprint density at radius 1 is 0.842 bits per heavy atom. The van der Waals surface area contributed by atoms with E-state index in [4.69, 9.17) is 0 Å². The molecule has 2 unspecified atom stereocenters. The van der Waals surface area contributed by atoms with Gasteiger partial charge in [0.05, 0.1) is 0 Å². The Morgan fingerprint density at radius 2 is 1.42 bits per heavy atom. The standard InChI is InChI=1S/C18H35N/c1-14(15-10-6-5-7-11-15)19-17-13-9-8-12-16(17)18(2,3)4/h14-17,19H,5-13H2,1-4H3/t14-,16?,17?/m0/s1. The summed E-state index contributed by atoms with van der Waals surface area (Å²) in [5.41, 5.74) is 0.463. The molecule has 0 amide bonds. The van der Waals surface area contributed by atoms with Crippen LogP contribution in [0.4, 0.5) is 0 Å². The molecule has 0 aromatic heterocycles. The van der Waals surface area contributed by atoms with Gasteiger partial charge in [-0.05, 0) is 49.9 Å². The molecule has 0 aromatic rings. The van der Waals surface area contributed by atoms with Gasteiger partial charge in [-0.2, -0.15) is 0 Å². The highest BCUT2D eigenvalue weighted by Gasteiger charge is 2.35. The highest BCUT2D eigenvalue weighted by atomic mass is 15.0. The lowest BCUT2D eigenvalue weighted by Crippen LogP contribution is -2.49. The van der Waals surface area contributed by atoms with Crippen LogP contribution in [0.25, 0.3) is 0 Å². The maximum Gasteiger partial charge on any atom is 0.0103 e. The minimum Gasteiger partial charge on any atom is -0.311 e. The molecule has 2 saturated carbocycles. The molecule has 0 aromatic carbocycles. The molecule has 2 rings (SSSR count). The number of hydrogen-bond acceptors (Lipinski definition) is 1. The largest absolute Gasteiger partial charge is 0.311 e. The minimum absolute atomic E-state index is 0.463. The summed E-state index contributed by atoms with van der Waals surface area (Å²) in [5, 5.41) is 4.05. The summed E-state index contributed by atoms with van der Waals surface area (Å²) in [4.78, 5) is 0. The van der Waals surface area contributed by atoms with Gasteiger partial charge in [0.2, 0.25) is 0 Å². The summed E-state index contributed by atoms with van der Waals surface area (Å²) in [6, 6.07) is 1.50. The summed E-state index contributed by atoms with van der Waals surface area (Å²) >= 11 is 0. The molecule has 1 nitrogen and oxygen atoms in total. The summed E-state index contributed by atoms with van der Waals surface area (Å²) in [6.45, 7) is 9.75. The molecule has 1 N–H and O–H groups in total. The fourth-order valence-corrected chi connectivity index (χ4v) is 4.47. The molecule has 1 heteroatoms. The van der Waals surface area contributed by atoms with Crippen molar-refractivity contribution in [1.29, 1.82) is 0 Å². The van der Waals surface area contributed by atoms with Crippen molar-refractivity contribution in [2.45, 2.75) is 97.6 Å². The number of nitrogens with one attached hydrogen (secondary N) is 1. The van der Waals surface area contributed by atoms with Crippen LogP contribution in [0.1, 0.15) is 85.5 Å². The second kappa shape index (κ2) is 6.61. The van der Waals surface area contributed by atoms with E-state index in [2.05, 4.69) is 33.0 Å². The van der Waals surface area contributed by atoms with Crippen molar-refractivity contribution in [3.05, 3.63) is 0 Å². The van der Waals surface area contributed by atoms with Gasteiger partial charge in [0.15, 0.2) is 0 Å². The zero-order valence-electron chi connectivity index (χ0n) is 13.7. The van der Waals surface area contributed by atoms with Crippen LogP contribution in [0.5, 0.6) is 0 Å². The van der Waals surface area contributed by atoms with E-state index in [0.717, 1.165) is 23.9 Å². The van der Waals surface area contributed by atoms with Crippen molar-refractivity contribution < 1.29 is 0 Å². The molecule has 0 radical (unpaired) electrons. The summed E-state index contributed by atoms with van der Waals surface area (Å²) in [5.74, 6) is 1.81. The zero-order chi connectivity index (χ0) is 13.9.